The molecule has 0 aromatic heterocycles. The maximum Gasteiger partial charge on any atom is 0.293 e. The van der Waals surface area contributed by atoms with Crippen molar-refractivity contribution in [2.75, 3.05) is 19.0 Å². The number of thioether (sulfide) groups is 1. The molecule has 1 fully saturated rings. The third-order valence-corrected chi connectivity index (χ3v) is 6.61. The number of rotatable bonds is 8. The van der Waals surface area contributed by atoms with Crippen LogP contribution in [0.5, 0.6) is 11.5 Å². The number of amides is 3. The molecule has 1 heterocycles. The van der Waals surface area contributed by atoms with Crippen molar-refractivity contribution in [3.05, 3.63) is 92.8 Å². The van der Waals surface area contributed by atoms with Gasteiger partial charge in [0.15, 0.2) is 18.1 Å². The number of hydrogen-bond acceptors (Lipinski definition) is 6. The van der Waals surface area contributed by atoms with Gasteiger partial charge in [0.05, 0.1) is 18.6 Å². The Balaban J connectivity index is 1.43. The smallest absolute Gasteiger partial charge is 0.293 e. The standard InChI is InChI=1S/C26H20Cl2N2O5S/c1-34-22-11-16(7-10-21(22)35-15-24(31)29-19-5-3-2-4-6-19)12-23-25(32)30(26(33)36-23)14-17-8-9-18(27)13-20(17)28/h2-13H,14-15H2,1H3,(H,29,31)/b23-12-. The van der Waals surface area contributed by atoms with Gasteiger partial charge in [0.25, 0.3) is 17.1 Å². The third kappa shape index (κ3) is 6.20. The van der Waals surface area contributed by atoms with Gasteiger partial charge in [-0.2, -0.15) is 0 Å². The van der Waals surface area contributed by atoms with Crippen molar-refractivity contribution >= 4 is 63.8 Å². The van der Waals surface area contributed by atoms with Crippen LogP contribution < -0.4 is 14.8 Å². The largest absolute Gasteiger partial charge is 0.493 e. The van der Waals surface area contributed by atoms with Gasteiger partial charge in [0.2, 0.25) is 0 Å². The van der Waals surface area contributed by atoms with Gasteiger partial charge in [-0.15, -0.1) is 0 Å². The van der Waals surface area contributed by atoms with E-state index >= 15 is 0 Å². The van der Waals surface area contributed by atoms with Crippen molar-refractivity contribution in [2.24, 2.45) is 0 Å². The van der Waals surface area contributed by atoms with E-state index in [2.05, 4.69) is 5.32 Å². The van der Waals surface area contributed by atoms with Gasteiger partial charge in [-0.05, 0) is 65.4 Å². The van der Waals surface area contributed by atoms with E-state index in [0.717, 1.165) is 16.7 Å². The lowest BCUT2D eigenvalue weighted by Crippen LogP contribution is -2.27. The fourth-order valence-electron chi connectivity index (χ4n) is 3.36. The number of methoxy groups -OCH3 is 1. The summed E-state index contributed by atoms with van der Waals surface area (Å²) in [4.78, 5) is 39.0. The lowest BCUT2D eigenvalue weighted by Gasteiger charge is -2.13. The van der Waals surface area contributed by atoms with E-state index in [-0.39, 0.29) is 24.0 Å². The lowest BCUT2D eigenvalue weighted by molar-refractivity contribution is -0.123. The number of para-hydroxylation sites is 1. The molecule has 0 spiro atoms. The zero-order chi connectivity index (χ0) is 25.7. The van der Waals surface area contributed by atoms with Crippen LogP contribution >= 0.6 is 35.0 Å². The number of nitrogens with one attached hydrogen (secondary N) is 1. The molecule has 1 N–H and O–H groups in total. The minimum absolute atomic E-state index is 0.0408. The summed E-state index contributed by atoms with van der Waals surface area (Å²) in [7, 11) is 1.47. The summed E-state index contributed by atoms with van der Waals surface area (Å²) in [6.45, 7) is -0.171. The fourth-order valence-corrected chi connectivity index (χ4v) is 4.67. The Morgan fingerprint density at radius 1 is 1.03 bits per heavy atom. The first-order valence-corrected chi connectivity index (χ1v) is 12.3. The Kier molecular flexibility index (Phi) is 8.20. The Morgan fingerprint density at radius 2 is 1.81 bits per heavy atom. The highest BCUT2D eigenvalue weighted by Gasteiger charge is 2.35. The molecule has 36 heavy (non-hydrogen) atoms. The predicted octanol–water partition coefficient (Wildman–Crippen LogP) is 6.26. The SMILES string of the molecule is COc1cc(/C=C2\SC(=O)N(Cc3ccc(Cl)cc3Cl)C2=O)ccc1OCC(=O)Nc1ccccc1. The van der Waals surface area contributed by atoms with Gasteiger partial charge >= 0.3 is 0 Å². The average molecular weight is 543 g/mol. The van der Waals surface area contributed by atoms with E-state index < -0.39 is 11.1 Å². The minimum Gasteiger partial charge on any atom is -0.493 e. The van der Waals surface area contributed by atoms with Crippen molar-refractivity contribution in [1.29, 1.82) is 0 Å². The van der Waals surface area contributed by atoms with E-state index in [9.17, 15) is 14.4 Å². The average Bonchev–Trinajstić information content (AvgIpc) is 3.12. The Morgan fingerprint density at radius 3 is 2.53 bits per heavy atom. The molecule has 0 radical (unpaired) electrons. The zero-order valence-corrected chi connectivity index (χ0v) is 21.3. The summed E-state index contributed by atoms with van der Waals surface area (Å²) in [6, 6.07) is 18.9. The lowest BCUT2D eigenvalue weighted by atomic mass is 10.1. The molecule has 10 heteroatoms. The van der Waals surface area contributed by atoms with Gasteiger partial charge in [-0.25, -0.2) is 0 Å². The molecule has 3 amide bonds. The third-order valence-electron chi connectivity index (χ3n) is 5.12. The molecule has 1 saturated heterocycles. The first kappa shape index (κ1) is 25.6. The van der Waals surface area contributed by atoms with Crippen molar-refractivity contribution in [1.82, 2.24) is 4.90 Å². The Bertz CT molecular complexity index is 1350. The van der Waals surface area contributed by atoms with E-state index in [1.807, 2.05) is 18.2 Å². The molecule has 0 bridgehead atoms. The number of anilines is 1. The second kappa shape index (κ2) is 11.5. The number of nitrogens with zero attached hydrogens (tertiary/aromatic N) is 1. The van der Waals surface area contributed by atoms with Crippen LogP contribution in [0.15, 0.2) is 71.6 Å². The number of ether oxygens (including phenoxy) is 2. The summed E-state index contributed by atoms with van der Waals surface area (Å²) in [5.74, 6) is 0.00136. The highest BCUT2D eigenvalue weighted by molar-refractivity contribution is 8.18. The Labute approximate surface area is 222 Å². The number of carbonyl (C=O) groups is 3. The molecule has 0 saturated carbocycles. The van der Waals surface area contributed by atoms with Crippen LogP contribution in [0.1, 0.15) is 11.1 Å². The van der Waals surface area contributed by atoms with E-state index in [4.69, 9.17) is 32.7 Å². The number of imide groups is 1. The zero-order valence-electron chi connectivity index (χ0n) is 19.0. The van der Waals surface area contributed by atoms with Crippen molar-refractivity contribution < 1.29 is 23.9 Å². The van der Waals surface area contributed by atoms with E-state index in [1.54, 1.807) is 54.6 Å². The number of benzene rings is 3. The molecule has 184 valence electrons. The molecule has 0 unspecified atom stereocenters. The summed E-state index contributed by atoms with van der Waals surface area (Å²) in [5, 5.41) is 3.19. The first-order valence-electron chi connectivity index (χ1n) is 10.7. The first-order chi connectivity index (χ1) is 17.3. The molecular formula is C26H20Cl2N2O5S. The summed E-state index contributed by atoms with van der Waals surface area (Å²) < 4.78 is 11.0. The molecular weight excluding hydrogens is 523 g/mol. The maximum absolute atomic E-state index is 12.9. The molecule has 0 aliphatic carbocycles. The molecule has 3 aromatic rings. The summed E-state index contributed by atoms with van der Waals surface area (Å²) in [5.41, 5.74) is 1.91. The molecule has 0 atom stereocenters. The van der Waals surface area contributed by atoms with Crippen LogP contribution in [0, 0.1) is 0 Å². The normalized spacial score (nSPS) is 14.3. The maximum atomic E-state index is 12.9. The second-order valence-corrected chi connectivity index (χ2v) is 9.45. The number of hydrogen-bond donors (Lipinski definition) is 1. The van der Waals surface area contributed by atoms with Crippen LogP contribution in [-0.4, -0.2) is 35.7 Å². The molecule has 3 aromatic carbocycles. The van der Waals surface area contributed by atoms with E-state index in [1.165, 1.54) is 7.11 Å². The minimum atomic E-state index is -0.423. The monoisotopic (exact) mass is 542 g/mol. The van der Waals surface area contributed by atoms with Crippen molar-refractivity contribution in [3.8, 4) is 11.5 Å². The molecule has 7 nitrogen and oxygen atoms in total. The van der Waals surface area contributed by atoms with Gasteiger partial charge in [0.1, 0.15) is 0 Å². The van der Waals surface area contributed by atoms with Gasteiger partial charge in [-0.3, -0.25) is 19.3 Å². The second-order valence-electron chi connectivity index (χ2n) is 7.62. The highest BCUT2D eigenvalue weighted by atomic mass is 35.5. The quantitative estimate of drug-likeness (QED) is 0.338. The van der Waals surface area contributed by atoms with Gasteiger partial charge < -0.3 is 14.8 Å². The highest BCUT2D eigenvalue weighted by Crippen LogP contribution is 2.36. The summed E-state index contributed by atoms with van der Waals surface area (Å²) in [6.07, 6.45) is 1.60. The predicted molar refractivity (Wildman–Crippen MR) is 142 cm³/mol. The van der Waals surface area contributed by atoms with Crippen LogP contribution in [-0.2, 0) is 16.1 Å². The van der Waals surface area contributed by atoms with Crippen LogP contribution in [0.3, 0.4) is 0 Å². The molecule has 4 rings (SSSR count). The van der Waals surface area contributed by atoms with Gasteiger partial charge in [-0.1, -0.05) is 53.5 Å². The summed E-state index contributed by atoms with van der Waals surface area (Å²) >= 11 is 13.0. The topological polar surface area (TPSA) is 84.9 Å². The van der Waals surface area contributed by atoms with Gasteiger partial charge in [0, 0.05) is 15.7 Å². The fraction of sp³-hybridized carbons (Fsp3) is 0.115. The van der Waals surface area contributed by atoms with E-state index in [0.29, 0.717) is 38.4 Å². The van der Waals surface area contributed by atoms with Crippen LogP contribution in [0.2, 0.25) is 10.0 Å². The number of carbonyl (C=O) groups excluding carboxylic acids is 3. The molecule has 1 aliphatic rings. The Hall–Kier alpha value is -3.46. The molecule has 1 aliphatic heterocycles. The number of halogens is 2. The van der Waals surface area contributed by atoms with Crippen LogP contribution in [0.25, 0.3) is 6.08 Å². The van der Waals surface area contributed by atoms with Crippen molar-refractivity contribution in [3.63, 3.8) is 0 Å². The van der Waals surface area contributed by atoms with Crippen molar-refractivity contribution in [2.45, 2.75) is 6.54 Å². The van der Waals surface area contributed by atoms with Crippen LogP contribution in [0.4, 0.5) is 10.5 Å².